The molecule has 1 aliphatic heterocycles. The summed E-state index contributed by atoms with van der Waals surface area (Å²) in [4.78, 5) is 14.6. The van der Waals surface area contributed by atoms with Crippen LogP contribution in [0.3, 0.4) is 0 Å². The van der Waals surface area contributed by atoms with E-state index in [4.69, 9.17) is 0 Å². The first-order valence-corrected chi connectivity index (χ1v) is 8.45. The predicted octanol–water partition coefficient (Wildman–Crippen LogP) is 2.71. The molecule has 1 rings (SSSR count). The maximum atomic E-state index is 12.5. The van der Waals surface area contributed by atoms with Crippen molar-refractivity contribution in [2.24, 2.45) is 5.92 Å². The second-order valence-electron chi connectivity index (χ2n) is 5.65. The van der Waals surface area contributed by atoms with Crippen LogP contribution in [0, 0.1) is 5.92 Å². The van der Waals surface area contributed by atoms with Crippen molar-refractivity contribution in [3.05, 3.63) is 0 Å². The number of amides is 1. The molecule has 18 heavy (non-hydrogen) atoms. The van der Waals surface area contributed by atoms with Gasteiger partial charge in [0, 0.05) is 6.54 Å². The zero-order valence-electron chi connectivity index (χ0n) is 12.5. The van der Waals surface area contributed by atoms with Gasteiger partial charge < -0.3 is 4.90 Å². The summed E-state index contributed by atoms with van der Waals surface area (Å²) in [6, 6.07) is 0. The summed E-state index contributed by atoms with van der Waals surface area (Å²) in [5.41, 5.74) is -0.348. The molecule has 0 spiro atoms. The van der Waals surface area contributed by atoms with E-state index in [0.717, 1.165) is 31.6 Å². The molecular formula is C14H28N2OS. The van der Waals surface area contributed by atoms with Crippen LogP contribution in [-0.4, -0.2) is 41.1 Å². The highest BCUT2D eigenvalue weighted by atomic mass is 32.2. The number of hydrogen-bond acceptors (Lipinski definition) is 3. The largest absolute Gasteiger partial charge is 0.325 e. The third-order valence-corrected chi connectivity index (χ3v) is 4.73. The van der Waals surface area contributed by atoms with E-state index in [2.05, 4.69) is 37.2 Å². The lowest BCUT2D eigenvalue weighted by Gasteiger charge is -2.26. The lowest BCUT2D eigenvalue weighted by atomic mass is 9.99. The Morgan fingerprint density at radius 2 is 2.17 bits per heavy atom. The van der Waals surface area contributed by atoms with Gasteiger partial charge in [0.25, 0.3) is 0 Å². The second-order valence-corrected chi connectivity index (χ2v) is 6.56. The highest BCUT2D eigenvalue weighted by Gasteiger charge is 2.46. The van der Waals surface area contributed by atoms with Crippen molar-refractivity contribution in [1.82, 2.24) is 10.2 Å². The number of carbonyl (C=O) groups is 1. The summed E-state index contributed by atoms with van der Waals surface area (Å²) in [5.74, 6) is 1.96. The summed E-state index contributed by atoms with van der Waals surface area (Å²) in [7, 11) is 0. The average molecular weight is 272 g/mol. The van der Waals surface area contributed by atoms with Crippen molar-refractivity contribution in [2.45, 2.75) is 58.7 Å². The Hall–Kier alpha value is -0.220. The third kappa shape index (κ3) is 3.41. The van der Waals surface area contributed by atoms with Crippen molar-refractivity contribution >= 4 is 17.7 Å². The van der Waals surface area contributed by atoms with Crippen LogP contribution in [0.15, 0.2) is 0 Å². The summed E-state index contributed by atoms with van der Waals surface area (Å²) >= 11 is 1.86. The van der Waals surface area contributed by atoms with Crippen LogP contribution in [-0.2, 0) is 4.79 Å². The molecular weight excluding hydrogens is 244 g/mol. The molecule has 3 nitrogen and oxygen atoms in total. The van der Waals surface area contributed by atoms with Gasteiger partial charge in [0.15, 0.2) is 0 Å². The highest BCUT2D eigenvalue weighted by molar-refractivity contribution is 7.98. The average Bonchev–Trinajstić information content (AvgIpc) is 2.56. The minimum absolute atomic E-state index is 0.233. The topological polar surface area (TPSA) is 32.3 Å². The Balaban J connectivity index is 2.74. The summed E-state index contributed by atoms with van der Waals surface area (Å²) < 4.78 is 0. The molecule has 1 saturated heterocycles. The molecule has 0 aromatic heterocycles. The number of rotatable bonds is 7. The number of nitrogens with one attached hydrogen (secondary N) is 1. The van der Waals surface area contributed by atoms with Crippen LogP contribution in [0.2, 0.25) is 0 Å². The maximum absolute atomic E-state index is 12.5. The molecule has 0 saturated carbocycles. The van der Waals surface area contributed by atoms with Crippen molar-refractivity contribution in [3.63, 3.8) is 0 Å². The van der Waals surface area contributed by atoms with Crippen molar-refractivity contribution < 1.29 is 4.79 Å². The van der Waals surface area contributed by atoms with Gasteiger partial charge in [0.2, 0.25) is 5.91 Å². The number of thioether (sulfide) groups is 1. The van der Waals surface area contributed by atoms with E-state index in [-0.39, 0.29) is 17.6 Å². The molecule has 1 heterocycles. The monoisotopic (exact) mass is 272 g/mol. The Kier molecular flexibility index (Phi) is 5.99. The Morgan fingerprint density at radius 3 is 2.67 bits per heavy atom. The molecule has 3 unspecified atom stereocenters. The highest BCUT2D eigenvalue weighted by Crippen LogP contribution is 2.26. The molecule has 1 fully saturated rings. The first-order valence-electron chi connectivity index (χ1n) is 7.06. The van der Waals surface area contributed by atoms with Crippen LogP contribution >= 0.6 is 11.8 Å². The van der Waals surface area contributed by atoms with Crippen molar-refractivity contribution in [3.8, 4) is 0 Å². The first-order chi connectivity index (χ1) is 8.48. The smallest absolute Gasteiger partial charge is 0.243 e. The normalized spacial score (nSPS) is 29.9. The first kappa shape index (κ1) is 15.8. The molecule has 4 heteroatoms. The van der Waals surface area contributed by atoms with E-state index in [1.165, 1.54) is 0 Å². The van der Waals surface area contributed by atoms with Crippen LogP contribution in [0.5, 0.6) is 0 Å². The molecule has 1 aliphatic rings. The fourth-order valence-electron chi connectivity index (χ4n) is 2.60. The van der Waals surface area contributed by atoms with Gasteiger partial charge in [-0.05, 0) is 37.7 Å². The van der Waals surface area contributed by atoms with Crippen LogP contribution in [0.1, 0.15) is 47.0 Å². The molecule has 0 aromatic carbocycles. The van der Waals surface area contributed by atoms with Crippen LogP contribution in [0.25, 0.3) is 0 Å². The van der Waals surface area contributed by atoms with Gasteiger partial charge in [-0.25, -0.2) is 0 Å². The molecule has 0 radical (unpaired) electrons. The van der Waals surface area contributed by atoms with Gasteiger partial charge in [-0.15, -0.1) is 0 Å². The van der Waals surface area contributed by atoms with E-state index in [0.29, 0.717) is 5.92 Å². The third-order valence-electron chi connectivity index (χ3n) is 3.82. The van der Waals surface area contributed by atoms with Gasteiger partial charge in [-0.2, -0.15) is 11.8 Å². The Morgan fingerprint density at radius 1 is 1.50 bits per heavy atom. The van der Waals surface area contributed by atoms with Crippen molar-refractivity contribution in [2.75, 3.05) is 18.6 Å². The second kappa shape index (κ2) is 6.80. The van der Waals surface area contributed by atoms with E-state index >= 15 is 0 Å². The SMILES string of the molecule is CCCC1NC(C)(CC)C(=O)N1CC(C)CSC. The van der Waals surface area contributed by atoms with E-state index in [1.807, 2.05) is 18.7 Å². The van der Waals surface area contributed by atoms with Crippen LogP contribution < -0.4 is 5.32 Å². The molecule has 0 bridgehead atoms. The quantitative estimate of drug-likeness (QED) is 0.773. The lowest BCUT2D eigenvalue weighted by Crippen LogP contribution is -2.43. The van der Waals surface area contributed by atoms with Crippen LogP contribution in [0.4, 0.5) is 0 Å². The lowest BCUT2D eigenvalue weighted by molar-refractivity contribution is -0.133. The number of carbonyl (C=O) groups excluding carboxylic acids is 1. The maximum Gasteiger partial charge on any atom is 0.243 e. The standard InChI is InChI=1S/C14H28N2OS/c1-6-8-12-15-14(4,7-2)13(17)16(12)9-11(3)10-18-5/h11-12,15H,6-10H2,1-5H3. The predicted molar refractivity (Wildman–Crippen MR) is 79.8 cm³/mol. The van der Waals surface area contributed by atoms with Gasteiger partial charge in [0.05, 0.1) is 11.7 Å². The van der Waals surface area contributed by atoms with E-state index < -0.39 is 0 Å². The fraction of sp³-hybridized carbons (Fsp3) is 0.929. The van der Waals surface area contributed by atoms with Gasteiger partial charge in [-0.3, -0.25) is 10.1 Å². The Bertz CT molecular complexity index is 285. The zero-order valence-corrected chi connectivity index (χ0v) is 13.3. The van der Waals surface area contributed by atoms with Gasteiger partial charge in [-0.1, -0.05) is 27.2 Å². The van der Waals surface area contributed by atoms with Crippen molar-refractivity contribution in [1.29, 1.82) is 0 Å². The molecule has 1 N–H and O–H groups in total. The fourth-order valence-corrected chi connectivity index (χ4v) is 3.28. The molecule has 3 atom stereocenters. The zero-order chi connectivity index (χ0) is 13.8. The molecule has 1 amide bonds. The molecule has 0 aromatic rings. The minimum atomic E-state index is -0.348. The Labute approximate surface area is 116 Å². The van der Waals surface area contributed by atoms with E-state index in [1.54, 1.807) is 0 Å². The molecule has 106 valence electrons. The van der Waals surface area contributed by atoms with E-state index in [9.17, 15) is 4.79 Å². The minimum Gasteiger partial charge on any atom is -0.325 e. The summed E-state index contributed by atoms with van der Waals surface area (Å²) in [6.07, 6.45) is 5.38. The van der Waals surface area contributed by atoms with Gasteiger partial charge >= 0.3 is 0 Å². The van der Waals surface area contributed by atoms with Gasteiger partial charge in [0.1, 0.15) is 0 Å². The number of nitrogens with zero attached hydrogens (tertiary/aromatic N) is 1. The molecule has 0 aliphatic carbocycles. The summed E-state index contributed by atoms with van der Waals surface area (Å²) in [5, 5.41) is 3.53. The number of hydrogen-bond donors (Lipinski definition) is 1. The summed E-state index contributed by atoms with van der Waals surface area (Å²) in [6.45, 7) is 9.42.